The van der Waals surface area contributed by atoms with Crippen molar-refractivity contribution < 1.29 is 24.5 Å². The quantitative estimate of drug-likeness (QED) is 0.594. The van der Waals surface area contributed by atoms with E-state index < -0.39 is 17.8 Å². The summed E-state index contributed by atoms with van der Waals surface area (Å²) in [5.74, 6) is -0.0921. The van der Waals surface area contributed by atoms with Crippen LogP contribution >= 0.6 is 0 Å². The number of cyclic esters (lactones) is 1. The fourth-order valence-electron chi connectivity index (χ4n) is 5.35. The molecule has 0 spiro atoms. The number of rotatable bonds is 4. The van der Waals surface area contributed by atoms with E-state index in [1.807, 2.05) is 13.0 Å². The van der Waals surface area contributed by atoms with Gasteiger partial charge in [-0.3, -0.25) is 0 Å². The highest BCUT2D eigenvalue weighted by Gasteiger charge is 2.57. The van der Waals surface area contributed by atoms with E-state index in [0.717, 1.165) is 24.8 Å². The molecule has 0 amide bonds. The monoisotopic (exact) mass is 362 g/mol. The van der Waals surface area contributed by atoms with E-state index in [9.17, 15) is 15.0 Å². The molecule has 2 saturated carbocycles. The van der Waals surface area contributed by atoms with E-state index >= 15 is 0 Å². The van der Waals surface area contributed by atoms with Crippen molar-refractivity contribution in [1.82, 2.24) is 0 Å². The summed E-state index contributed by atoms with van der Waals surface area (Å²) in [6.45, 7) is 8.49. The Morgan fingerprint density at radius 3 is 2.77 bits per heavy atom. The van der Waals surface area contributed by atoms with Gasteiger partial charge in [-0.1, -0.05) is 38.2 Å². The highest BCUT2D eigenvalue weighted by atomic mass is 16.7. The van der Waals surface area contributed by atoms with Gasteiger partial charge in [-0.2, -0.15) is 0 Å². The summed E-state index contributed by atoms with van der Waals surface area (Å²) in [4.78, 5) is 11.9. The Hall–Kier alpha value is -1.43. The maximum Gasteiger partial charge on any atom is 0.340 e. The number of aliphatic hydroxyl groups excluding tert-OH is 2. The molecule has 6 atom stereocenters. The molecule has 0 aromatic rings. The fourth-order valence-corrected chi connectivity index (χ4v) is 5.35. The van der Waals surface area contributed by atoms with Crippen molar-refractivity contribution in [2.24, 2.45) is 22.7 Å². The average Bonchev–Trinajstić information content (AvgIpc) is 2.98. The predicted molar refractivity (Wildman–Crippen MR) is 98.0 cm³/mol. The minimum atomic E-state index is -0.623. The topological polar surface area (TPSA) is 76.0 Å². The fraction of sp³-hybridized carbons (Fsp3) is 0.667. The molecule has 2 aliphatic carbocycles. The molecule has 0 unspecified atom stereocenters. The Balaban J connectivity index is 1.90. The van der Waals surface area contributed by atoms with Gasteiger partial charge in [0.2, 0.25) is 6.29 Å². The first-order valence-corrected chi connectivity index (χ1v) is 9.36. The predicted octanol–water partition coefficient (Wildman–Crippen LogP) is 2.74. The molecule has 0 saturated heterocycles. The maximum absolute atomic E-state index is 11.9. The zero-order valence-electron chi connectivity index (χ0n) is 15.9. The molecule has 5 nitrogen and oxygen atoms in total. The van der Waals surface area contributed by atoms with Crippen LogP contribution in [0, 0.1) is 22.7 Å². The second-order valence-electron chi connectivity index (χ2n) is 8.44. The zero-order chi connectivity index (χ0) is 19.1. The van der Waals surface area contributed by atoms with Gasteiger partial charge < -0.3 is 19.7 Å². The minimum absolute atomic E-state index is 0.0235. The zero-order valence-corrected chi connectivity index (χ0v) is 15.9. The van der Waals surface area contributed by atoms with Gasteiger partial charge in [0.25, 0.3) is 0 Å². The van der Waals surface area contributed by atoms with Crippen molar-refractivity contribution in [3.05, 3.63) is 36.0 Å². The van der Waals surface area contributed by atoms with Crippen LogP contribution in [0.4, 0.5) is 0 Å². The van der Waals surface area contributed by atoms with Crippen molar-refractivity contribution in [2.75, 3.05) is 13.7 Å². The Morgan fingerprint density at radius 1 is 1.42 bits per heavy atom. The maximum atomic E-state index is 11.9. The van der Waals surface area contributed by atoms with Crippen molar-refractivity contribution >= 4 is 5.97 Å². The van der Waals surface area contributed by atoms with Crippen molar-refractivity contribution in [3.63, 3.8) is 0 Å². The Kier molecular flexibility index (Phi) is 5.17. The summed E-state index contributed by atoms with van der Waals surface area (Å²) < 4.78 is 10.2. The highest BCUT2D eigenvalue weighted by molar-refractivity contribution is 5.93. The number of aliphatic hydroxyl groups is 2. The Labute approximate surface area is 155 Å². The van der Waals surface area contributed by atoms with Crippen LogP contribution in [-0.2, 0) is 14.3 Å². The Bertz CT molecular complexity index is 651. The van der Waals surface area contributed by atoms with E-state index in [-0.39, 0.29) is 29.8 Å². The number of fused-ring (bicyclic) bond motifs is 1. The molecule has 2 N–H and O–H groups in total. The third kappa shape index (κ3) is 2.96. The van der Waals surface area contributed by atoms with Gasteiger partial charge >= 0.3 is 5.97 Å². The number of esters is 1. The van der Waals surface area contributed by atoms with Gasteiger partial charge in [0.05, 0.1) is 18.3 Å². The molecule has 0 aromatic heterocycles. The second kappa shape index (κ2) is 6.95. The van der Waals surface area contributed by atoms with Gasteiger partial charge in [-0.25, -0.2) is 4.79 Å². The van der Waals surface area contributed by atoms with Crippen LogP contribution in [-0.4, -0.2) is 42.3 Å². The standard InChI is InChI=1S/C21H30O5/c1-13-5-8-16-20(2,10-9-17(23)21(16,3)12-22)15(13)7-6-14-11-18(25-4)26-19(14)24/h6-7,11,15-18,22-23H,1,5,8-10,12H2,2-4H3/b7-6+/t15-,16+,17-,18+,20-,21+/m1/s1. The van der Waals surface area contributed by atoms with Crippen LogP contribution in [0.1, 0.15) is 39.5 Å². The number of hydrogen-bond acceptors (Lipinski definition) is 5. The smallest absolute Gasteiger partial charge is 0.340 e. The lowest BCUT2D eigenvalue weighted by Gasteiger charge is -2.59. The molecule has 5 heteroatoms. The van der Waals surface area contributed by atoms with Crippen LogP contribution in [0.15, 0.2) is 36.0 Å². The number of hydrogen-bond donors (Lipinski definition) is 2. The SMILES string of the molecule is C=C1CC[C@@H]2[C@](C)(CO)[C@H](O)CC[C@]2(C)[C@@H]1/C=C/C1=C[C@@H](OC)OC1=O. The third-order valence-corrected chi connectivity index (χ3v) is 7.03. The highest BCUT2D eigenvalue weighted by Crippen LogP contribution is 2.61. The van der Waals surface area contributed by atoms with Crippen molar-refractivity contribution in [2.45, 2.75) is 51.9 Å². The number of ether oxygens (including phenoxy) is 2. The summed E-state index contributed by atoms with van der Waals surface area (Å²) in [5.41, 5.74) is 1.03. The van der Waals surface area contributed by atoms with Crippen LogP contribution in [0.3, 0.4) is 0 Å². The first kappa shape index (κ1) is 19.3. The summed E-state index contributed by atoms with van der Waals surface area (Å²) in [6, 6.07) is 0. The summed E-state index contributed by atoms with van der Waals surface area (Å²) in [5, 5.41) is 20.6. The first-order chi connectivity index (χ1) is 12.3. The molecule has 0 bridgehead atoms. The van der Waals surface area contributed by atoms with Crippen LogP contribution < -0.4 is 0 Å². The lowest BCUT2D eigenvalue weighted by Crippen LogP contribution is -2.57. The van der Waals surface area contributed by atoms with Gasteiger partial charge in [-0.05, 0) is 43.1 Å². The number of carbonyl (C=O) groups is 1. The van der Waals surface area contributed by atoms with Gasteiger partial charge in [0, 0.05) is 18.4 Å². The van der Waals surface area contributed by atoms with E-state index in [0.29, 0.717) is 12.0 Å². The van der Waals surface area contributed by atoms with E-state index in [4.69, 9.17) is 9.47 Å². The molecule has 2 fully saturated rings. The minimum Gasteiger partial charge on any atom is -0.428 e. The Morgan fingerprint density at radius 2 is 2.15 bits per heavy atom. The molecule has 3 aliphatic rings. The number of carbonyl (C=O) groups excluding carboxylic acids is 1. The lowest BCUT2D eigenvalue weighted by atomic mass is 9.46. The lowest BCUT2D eigenvalue weighted by molar-refractivity contribution is -0.154. The summed E-state index contributed by atoms with van der Waals surface area (Å²) in [6.07, 6.45) is 7.74. The molecule has 0 aromatic carbocycles. The number of allylic oxidation sites excluding steroid dienone is 2. The van der Waals surface area contributed by atoms with E-state index in [1.54, 1.807) is 6.08 Å². The molecule has 0 radical (unpaired) electrons. The van der Waals surface area contributed by atoms with E-state index in [1.165, 1.54) is 7.11 Å². The second-order valence-corrected chi connectivity index (χ2v) is 8.44. The average molecular weight is 362 g/mol. The molecular formula is C21H30O5. The molecule has 144 valence electrons. The number of methoxy groups -OCH3 is 1. The van der Waals surface area contributed by atoms with E-state index in [2.05, 4.69) is 19.6 Å². The molecular weight excluding hydrogens is 332 g/mol. The van der Waals surface area contributed by atoms with Crippen molar-refractivity contribution in [1.29, 1.82) is 0 Å². The summed E-state index contributed by atoms with van der Waals surface area (Å²) >= 11 is 0. The normalized spacial score (nSPS) is 43.3. The summed E-state index contributed by atoms with van der Waals surface area (Å²) in [7, 11) is 1.50. The molecule has 1 aliphatic heterocycles. The van der Waals surface area contributed by atoms with Crippen LogP contribution in [0.25, 0.3) is 0 Å². The molecule has 1 heterocycles. The van der Waals surface area contributed by atoms with Gasteiger partial charge in [0.1, 0.15) is 0 Å². The van der Waals surface area contributed by atoms with Gasteiger partial charge in [-0.15, -0.1) is 0 Å². The van der Waals surface area contributed by atoms with Crippen LogP contribution in [0.5, 0.6) is 0 Å². The third-order valence-electron chi connectivity index (χ3n) is 7.03. The van der Waals surface area contributed by atoms with Crippen molar-refractivity contribution in [3.8, 4) is 0 Å². The van der Waals surface area contributed by atoms with Gasteiger partial charge in [0.15, 0.2) is 0 Å². The largest absolute Gasteiger partial charge is 0.428 e. The molecule has 3 rings (SSSR count). The molecule has 26 heavy (non-hydrogen) atoms. The van der Waals surface area contributed by atoms with Crippen LogP contribution in [0.2, 0.25) is 0 Å². The first-order valence-electron chi connectivity index (χ1n) is 9.36.